The molecule has 0 fully saturated rings. The lowest BCUT2D eigenvalue weighted by Gasteiger charge is -2.04. The lowest BCUT2D eigenvalue weighted by atomic mass is 10.1. The standard InChI is InChI=1S/C9H9Cl2NO/c1-2-8(13)6-3-5(12)4-7(10)9(6)11/h3-4H,2,12H2,1H3. The van der Waals surface area contributed by atoms with Gasteiger partial charge in [-0.25, -0.2) is 0 Å². The van der Waals surface area contributed by atoms with Gasteiger partial charge in [0.15, 0.2) is 5.78 Å². The fourth-order valence-electron chi connectivity index (χ4n) is 1.00. The maximum atomic E-state index is 11.3. The largest absolute Gasteiger partial charge is 0.399 e. The van der Waals surface area contributed by atoms with Crippen LogP contribution in [0.3, 0.4) is 0 Å². The van der Waals surface area contributed by atoms with Gasteiger partial charge in [-0.05, 0) is 12.1 Å². The van der Waals surface area contributed by atoms with Crippen LogP contribution in [-0.2, 0) is 0 Å². The third kappa shape index (κ3) is 2.14. The zero-order valence-corrected chi connectivity index (χ0v) is 8.62. The van der Waals surface area contributed by atoms with Gasteiger partial charge in [0, 0.05) is 17.7 Å². The normalized spacial score (nSPS) is 10.1. The smallest absolute Gasteiger partial charge is 0.164 e. The number of benzene rings is 1. The molecule has 0 aromatic heterocycles. The third-order valence-corrected chi connectivity index (χ3v) is 2.47. The number of hydrogen-bond donors (Lipinski definition) is 1. The van der Waals surface area contributed by atoms with Crippen molar-refractivity contribution >= 4 is 34.7 Å². The van der Waals surface area contributed by atoms with E-state index in [1.165, 1.54) is 6.07 Å². The minimum Gasteiger partial charge on any atom is -0.399 e. The Labute approximate surface area is 86.6 Å². The summed E-state index contributed by atoms with van der Waals surface area (Å²) >= 11 is 11.6. The molecule has 0 bridgehead atoms. The fourth-order valence-corrected chi connectivity index (χ4v) is 1.45. The first-order chi connectivity index (χ1) is 6.06. The first-order valence-corrected chi connectivity index (χ1v) is 4.59. The van der Waals surface area contributed by atoms with E-state index >= 15 is 0 Å². The van der Waals surface area contributed by atoms with Crippen molar-refractivity contribution in [3.63, 3.8) is 0 Å². The molecule has 0 atom stereocenters. The van der Waals surface area contributed by atoms with Crippen LogP contribution in [-0.4, -0.2) is 5.78 Å². The molecule has 1 aromatic rings. The van der Waals surface area contributed by atoms with Gasteiger partial charge in [-0.3, -0.25) is 4.79 Å². The fraction of sp³-hybridized carbons (Fsp3) is 0.222. The van der Waals surface area contributed by atoms with E-state index in [2.05, 4.69) is 0 Å². The van der Waals surface area contributed by atoms with E-state index < -0.39 is 0 Å². The summed E-state index contributed by atoms with van der Waals surface area (Å²) in [5.74, 6) is -0.0563. The van der Waals surface area contributed by atoms with Crippen molar-refractivity contribution in [2.75, 3.05) is 5.73 Å². The van der Waals surface area contributed by atoms with E-state index in [-0.39, 0.29) is 10.8 Å². The molecule has 1 aromatic carbocycles. The molecule has 0 radical (unpaired) electrons. The molecular weight excluding hydrogens is 209 g/mol. The van der Waals surface area contributed by atoms with E-state index in [4.69, 9.17) is 28.9 Å². The molecule has 4 heteroatoms. The summed E-state index contributed by atoms with van der Waals surface area (Å²) in [6.45, 7) is 1.76. The molecule has 0 saturated carbocycles. The number of nitrogen functional groups attached to an aromatic ring is 1. The van der Waals surface area contributed by atoms with Crippen molar-refractivity contribution in [2.45, 2.75) is 13.3 Å². The van der Waals surface area contributed by atoms with Crippen LogP contribution in [0.2, 0.25) is 10.0 Å². The maximum Gasteiger partial charge on any atom is 0.164 e. The molecule has 0 spiro atoms. The number of Topliss-reactive ketones (excluding diaryl/α,β-unsaturated/α-hetero) is 1. The molecule has 0 aliphatic carbocycles. The number of rotatable bonds is 2. The van der Waals surface area contributed by atoms with Gasteiger partial charge in [0.05, 0.1) is 10.0 Å². The zero-order valence-electron chi connectivity index (χ0n) is 7.10. The van der Waals surface area contributed by atoms with Gasteiger partial charge < -0.3 is 5.73 Å². The third-order valence-electron chi connectivity index (χ3n) is 1.67. The van der Waals surface area contributed by atoms with Crippen LogP contribution in [0.5, 0.6) is 0 Å². The second kappa shape index (κ2) is 3.99. The summed E-state index contributed by atoms with van der Waals surface area (Å²) in [6, 6.07) is 3.07. The molecule has 0 saturated heterocycles. The van der Waals surface area contributed by atoms with E-state index in [1.54, 1.807) is 13.0 Å². The second-order valence-corrected chi connectivity index (χ2v) is 3.43. The number of carbonyl (C=O) groups excluding carboxylic acids is 1. The summed E-state index contributed by atoms with van der Waals surface area (Å²) < 4.78 is 0. The van der Waals surface area contributed by atoms with Gasteiger partial charge in [0.2, 0.25) is 0 Å². The van der Waals surface area contributed by atoms with Crippen LogP contribution in [0.1, 0.15) is 23.7 Å². The number of halogens is 2. The van der Waals surface area contributed by atoms with Gasteiger partial charge in [-0.1, -0.05) is 30.1 Å². The number of nitrogens with two attached hydrogens (primary N) is 1. The highest BCUT2D eigenvalue weighted by molar-refractivity contribution is 6.44. The van der Waals surface area contributed by atoms with Gasteiger partial charge in [0.25, 0.3) is 0 Å². The highest BCUT2D eigenvalue weighted by Gasteiger charge is 2.11. The van der Waals surface area contributed by atoms with Gasteiger partial charge in [-0.15, -0.1) is 0 Å². The average molecular weight is 218 g/mol. The Balaban J connectivity index is 3.28. The van der Waals surface area contributed by atoms with Gasteiger partial charge >= 0.3 is 0 Å². The van der Waals surface area contributed by atoms with Crippen molar-refractivity contribution < 1.29 is 4.79 Å². The molecule has 13 heavy (non-hydrogen) atoms. The van der Waals surface area contributed by atoms with Crippen LogP contribution in [0.25, 0.3) is 0 Å². The monoisotopic (exact) mass is 217 g/mol. The summed E-state index contributed by atoms with van der Waals surface area (Å²) in [6.07, 6.45) is 0.388. The molecule has 0 aliphatic heterocycles. The minimum absolute atomic E-state index is 0.0563. The predicted octanol–water partition coefficient (Wildman–Crippen LogP) is 3.17. The predicted molar refractivity (Wildman–Crippen MR) is 55.5 cm³/mol. The Morgan fingerprint density at radius 3 is 2.62 bits per heavy atom. The lowest BCUT2D eigenvalue weighted by Crippen LogP contribution is -1.99. The first kappa shape index (κ1) is 10.4. The Morgan fingerprint density at radius 2 is 2.08 bits per heavy atom. The van der Waals surface area contributed by atoms with Crippen molar-refractivity contribution in [1.82, 2.24) is 0 Å². The quantitative estimate of drug-likeness (QED) is 0.611. The summed E-state index contributed by atoms with van der Waals surface area (Å²) in [4.78, 5) is 11.3. The van der Waals surface area contributed by atoms with Gasteiger partial charge in [0.1, 0.15) is 0 Å². The zero-order chi connectivity index (χ0) is 10.0. The molecule has 0 amide bonds. The maximum absolute atomic E-state index is 11.3. The van der Waals surface area contributed by atoms with E-state index in [0.29, 0.717) is 22.7 Å². The van der Waals surface area contributed by atoms with Gasteiger partial charge in [-0.2, -0.15) is 0 Å². The van der Waals surface area contributed by atoms with E-state index in [1.807, 2.05) is 0 Å². The Bertz CT molecular complexity index is 350. The van der Waals surface area contributed by atoms with Crippen LogP contribution >= 0.6 is 23.2 Å². The molecule has 0 unspecified atom stereocenters. The van der Waals surface area contributed by atoms with Crippen LogP contribution in [0.4, 0.5) is 5.69 Å². The number of anilines is 1. The number of carbonyl (C=O) groups is 1. The Morgan fingerprint density at radius 1 is 1.46 bits per heavy atom. The molecular formula is C9H9Cl2NO. The Kier molecular flexibility index (Phi) is 3.17. The molecule has 2 N–H and O–H groups in total. The summed E-state index contributed by atoms with van der Waals surface area (Å²) in [5.41, 5.74) is 6.37. The minimum atomic E-state index is -0.0563. The molecule has 0 aliphatic rings. The molecule has 0 heterocycles. The highest BCUT2D eigenvalue weighted by atomic mass is 35.5. The molecule has 70 valence electrons. The Hall–Kier alpha value is -0.730. The topological polar surface area (TPSA) is 43.1 Å². The SMILES string of the molecule is CCC(=O)c1cc(N)cc(Cl)c1Cl. The van der Waals surface area contributed by atoms with E-state index in [9.17, 15) is 4.79 Å². The summed E-state index contributed by atoms with van der Waals surface area (Å²) in [5, 5.41) is 0.598. The van der Waals surface area contributed by atoms with E-state index in [0.717, 1.165) is 0 Å². The van der Waals surface area contributed by atoms with Crippen molar-refractivity contribution in [3.8, 4) is 0 Å². The van der Waals surface area contributed by atoms with Crippen molar-refractivity contribution in [2.24, 2.45) is 0 Å². The van der Waals surface area contributed by atoms with Crippen LogP contribution in [0.15, 0.2) is 12.1 Å². The molecule has 2 nitrogen and oxygen atoms in total. The number of hydrogen-bond acceptors (Lipinski definition) is 2. The lowest BCUT2D eigenvalue weighted by molar-refractivity contribution is 0.0988. The van der Waals surface area contributed by atoms with Crippen molar-refractivity contribution in [1.29, 1.82) is 0 Å². The van der Waals surface area contributed by atoms with Crippen LogP contribution in [0, 0.1) is 0 Å². The first-order valence-electron chi connectivity index (χ1n) is 3.84. The summed E-state index contributed by atoms with van der Waals surface area (Å²) in [7, 11) is 0. The number of ketones is 1. The molecule has 1 rings (SSSR count). The van der Waals surface area contributed by atoms with Crippen molar-refractivity contribution in [3.05, 3.63) is 27.7 Å². The second-order valence-electron chi connectivity index (χ2n) is 2.64. The van der Waals surface area contributed by atoms with Crippen LogP contribution < -0.4 is 5.73 Å². The average Bonchev–Trinajstić information content (AvgIpc) is 2.10. The highest BCUT2D eigenvalue weighted by Crippen LogP contribution is 2.29.